The zero-order valence-corrected chi connectivity index (χ0v) is 15.8. The molecule has 0 bridgehead atoms. The van der Waals surface area contributed by atoms with Crippen LogP contribution >= 0.6 is 0 Å². The third-order valence-corrected chi connectivity index (χ3v) is 5.91. The zero-order valence-electron chi connectivity index (χ0n) is 15.0. The van der Waals surface area contributed by atoms with Crippen LogP contribution in [0.5, 0.6) is 5.75 Å². The highest BCUT2D eigenvalue weighted by Crippen LogP contribution is 2.16. The lowest BCUT2D eigenvalue weighted by atomic mass is 10.1. The molecule has 2 N–H and O–H groups in total. The van der Waals surface area contributed by atoms with E-state index in [1.807, 2.05) is 25.7 Å². The largest absolute Gasteiger partial charge is 0.494 e. The Bertz CT molecular complexity index is 676. The number of hydrogen-bond donors (Lipinski definition) is 2. The van der Waals surface area contributed by atoms with Crippen LogP contribution in [0.1, 0.15) is 27.2 Å². The molecule has 2 rings (SSSR count). The number of nitrogens with zero attached hydrogens (tertiary/aromatic N) is 1. The van der Waals surface area contributed by atoms with Gasteiger partial charge in [0.15, 0.2) is 0 Å². The predicted molar refractivity (Wildman–Crippen MR) is 96.1 cm³/mol. The van der Waals surface area contributed by atoms with Gasteiger partial charge >= 0.3 is 0 Å². The summed E-state index contributed by atoms with van der Waals surface area (Å²) in [6, 6.07) is 6.56. The fraction of sp³-hybridized carbons (Fsp3) is 0.588. The average Bonchev–Trinajstić information content (AvgIpc) is 2.58. The lowest BCUT2D eigenvalue weighted by molar-refractivity contribution is -0.134. The summed E-state index contributed by atoms with van der Waals surface area (Å²) < 4.78 is 32.4. The van der Waals surface area contributed by atoms with Crippen molar-refractivity contribution in [2.45, 2.75) is 44.2 Å². The summed E-state index contributed by atoms with van der Waals surface area (Å²) in [7, 11) is -3.63. The van der Waals surface area contributed by atoms with Gasteiger partial charge in [-0.3, -0.25) is 4.79 Å². The molecule has 0 saturated carbocycles. The minimum atomic E-state index is -3.63. The van der Waals surface area contributed by atoms with E-state index in [9.17, 15) is 13.2 Å². The van der Waals surface area contributed by atoms with Crippen LogP contribution in [-0.4, -0.2) is 57.5 Å². The molecular weight excluding hydrogens is 342 g/mol. The van der Waals surface area contributed by atoms with Gasteiger partial charge in [0, 0.05) is 38.1 Å². The molecule has 1 saturated heterocycles. The van der Waals surface area contributed by atoms with E-state index in [2.05, 4.69) is 10.0 Å². The van der Waals surface area contributed by atoms with Crippen molar-refractivity contribution in [3.05, 3.63) is 24.3 Å². The molecule has 1 aliphatic heterocycles. The number of carbonyl (C=O) groups excluding carboxylic acids is 1. The quantitative estimate of drug-likeness (QED) is 0.748. The summed E-state index contributed by atoms with van der Waals surface area (Å²) in [4.78, 5) is 14.3. The number of ether oxygens (including phenoxy) is 1. The molecule has 2 atom stereocenters. The molecule has 140 valence electrons. The van der Waals surface area contributed by atoms with E-state index in [1.54, 1.807) is 12.1 Å². The van der Waals surface area contributed by atoms with Gasteiger partial charge in [-0.25, -0.2) is 13.1 Å². The first-order valence-electron chi connectivity index (χ1n) is 8.60. The molecule has 1 aromatic carbocycles. The second kappa shape index (κ2) is 8.64. The summed E-state index contributed by atoms with van der Waals surface area (Å²) in [6.45, 7) is 7.92. The molecular formula is C17H27N3O4S. The van der Waals surface area contributed by atoms with Crippen LogP contribution in [0.3, 0.4) is 0 Å². The normalized spacial score (nSPS) is 21.2. The van der Waals surface area contributed by atoms with Gasteiger partial charge in [0.2, 0.25) is 15.9 Å². The van der Waals surface area contributed by atoms with Gasteiger partial charge in [-0.15, -0.1) is 0 Å². The number of benzene rings is 1. The van der Waals surface area contributed by atoms with Crippen molar-refractivity contribution < 1.29 is 17.9 Å². The van der Waals surface area contributed by atoms with E-state index in [4.69, 9.17) is 4.74 Å². The highest BCUT2D eigenvalue weighted by Gasteiger charge is 2.27. The second-order valence-electron chi connectivity index (χ2n) is 6.12. The second-order valence-corrected chi connectivity index (χ2v) is 7.89. The number of hydrogen-bond acceptors (Lipinski definition) is 5. The minimum absolute atomic E-state index is 0.0322. The number of sulfonamides is 1. The molecule has 2 unspecified atom stereocenters. The van der Waals surface area contributed by atoms with Crippen LogP contribution in [0.15, 0.2) is 29.2 Å². The zero-order chi connectivity index (χ0) is 18.4. The summed E-state index contributed by atoms with van der Waals surface area (Å²) in [5.74, 6) is 0.591. The summed E-state index contributed by atoms with van der Waals surface area (Å²) in [5.41, 5.74) is 0. The van der Waals surface area contributed by atoms with Crippen LogP contribution in [0.25, 0.3) is 0 Å². The van der Waals surface area contributed by atoms with Crippen LogP contribution < -0.4 is 14.8 Å². The molecule has 1 amide bonds. The Balaban J connectivity index is 1.88. The monoisotopic (exact) mass is 369 g/mol. The molecule has 1 fully saturated rings. The Kier molecular flexibility index (Phi) is 6.80. The first-order chi connectivity index (χ1) is 11.8. The predicted octanol–water partition coefficient (Wildman–Crippen LogP) is 0.963. The Morgan fingerprint density at radius 3 is 2.64 bits per heavy atom. The first kappa shape index (κ1) is 19.7. The maximum Gasteiger partial charge on any atom is 0.240 e. The lowest BCUT2D eigenvalue weighted by Gasteiger charge is -2.38. The number of carbonyl (C=O) groups is 1. The molecule has 0 radical (unpaired) electrons. The average molecular weight is 369 g/mol. The maximum atomic E-state index is 12.3. The molecule has 7 nitrogen and oxygen atoms in total. The lowest BCUT2D eigenvalue weighted by Crippen LogP contribution is -2.57. The van der Waals surface area contributed by atoms with E-state index in [-0.39, 0.29) is 35.9 Å². The van der Waals surface area contributed by atoms with Crippen LogP contribution in [-0.2, 0) is 14.8 Å². The van der Waals surface area contributed by atoms with Crippen molar-refractivity contribution in [1.82, 2.24) is 14.9 Å². The maximum absolute atomic E-state index is 12.3. The number of piperazine rings is 1. The smallest absolute Gasteiger partial charge is 0.240 e. The minimum Gasteiger partial charge on any atom is -0.494 e. The van der Waals surface area contributed by atoms with Gasteiger partial charge in [-0.1, -0.05) is 0 Å². The Morgan fingerprint density at radius 1 is 1.32 bits per heavy atom. The van der Waals surface area contributed by atoms with E-state index in [0.717, 1.165) is 6.54 Å². The standard InChI is InChI=1S/C17H27N3O4S/c1-4-24-15-5-7-16(8-6-15)25(22,23)19-10-9-17(21)20-12-11-18-13(2)14(20)3/h5-8,13-14,18-19H,4,9-12H2,1-3H3. The third-order valence-electron chi connectivity index (χ3n) is 4.43. The highest BCUT2D eigenvalue weighted by molar-refractivity contribution is 7.89. The molecule has 1 aliphatic rings. The fourth-order valence-corrected chi connectivity index (χ4v) is 3.84. The van der Waals surface area contributed by atoms with Crippen molar-refractivity contribution >= 4 is 15.9 Å². The molecule has 0 aromatic heterocycles. The Labute approximate surface area is 149 Å². The van der Waals surface area contributed by atoms with Crippen molar-refractivity contribution in [2.75, 3.05) is 26.2 Å². The topological polar surface area (TPSA) is 87.7 Å². The Hall–Kier alpha value is -1.64. The first-order valence-corrected chi connectivity index (χ1v) is 10.1. The highest BCUT2D eigenvalue weighted by atomic mass is 32.2. The number of nitrogens with one attached hydrogen (secondary N) is 2. The number of amides is 1. The van der Waals surface area contributed by atoms with E-state index in [1.165, 1.54) is 12.1 Å². The van der Waals surface area contributed by atoms with Gasteiger partial charge in [0.05, 0.1) is 11.5 Å². The SMILES string of the molecule is CCOc1ccc(S(=O)(=O)NCCC(=O)N2CCNC(C)C2C)cc1. The van der Waals surface area contributed by atoms with Gasteiger partial charge < -0.3 is 15.0 Å². The third kappa shape index (κ3) is 5.17. The van der Waals surface area contributed by atoms with Gasteiger partial charge in [0.25, 0.3) is 0 Å². The fourth-order valence-electron chi connectivity index (χ4n) is 2.81. The number of rotatable bonds is 7. The molecule has 1 aromatic rings. The van der Waals surface area contributed by atoms with Gasteiger partial charge in [-0.05, 0) is 45.0 Å². The molecule has 25 heavy (non-hydrogen) atoms. The van der Waals surface area contributed by atoms with Gasteiger partial charge in [-0.2, -0.15) is 0 Å². The van der Waals surface area contributed by atoms with E-state index >= 15 is 0 Å². The van der Waals surface area contributed by atoms with Crippen molar-refractivity contribution in [3.63, 3.8) is 0 Å². The van der Waals surface area contributed by atoms with Crippen LogP contribution in [0.2, 0.25) is 0 Å². The van der Waals surface area contributed by atoms with Crippen LogP contribution in [0.4, 0.5) is 0 Å². The van der Waals surface area contributed by atoms with E-state index in [0.29, 0.717) is 18.9 Å². The van der Waals surface area contributed by atoms with Crippen molar-refractivity contribution in [3.8, 4) is 5.75 Å². The van der Waals surface area contributed by atoms with E-state index < -0.39 is 10.0 Å². The summed E-state index contributed by atoms with van der Waals surface area (Å²) in [6.07, 6.45) is 0.146. The van der Waals surface area contributed by atoms with Crippen molar-refractivity contribution in [2.24, 2.45) is 0 Å². The molecule has 0 spiro atoms. The van der Waals surface area contributed by atoms with Crippen molar-refractivity contribution in [1.29, 1.82) is 0 Å². The Morgan fingerprint density at radius 2 is 2.00 bits per heavy atom. The molecule has 0 aliphatic carbocycles. The summed E-state index contributed by atoms with van der Waals surface area (Å²) in [5, 5.41) is 3.32. The van der Waals surface area contributed by atoms with Gasteiger partial charge in [0.1, 0.15) is 5.75 Å². The molecule has 8 heteroatoms. The summed E-state index contributed by atoms with van der Waals surface area (Å²) >= 11 is 0. The molecule has 1 heterocycles. The van der Waals surface area contributed by atoms with Crippen LogP contribution in [0, 0.1) is 0 Å².